The molecule has 1 aromatic carbocycles. The normalized spacial score (nSPS) is 16.4. The zero-order valence-electron chi connectivity index (χ0n) is 75.6. The second kappa shape index (κ2) is 58.0. The van der Waals surface area contributed by atoms with Crippen LogP contribution >= 0.6 is 12.6 Å². The van der Waals surface area contributed by atoms with Crippen LogP contribution in [0.3, 0.4) is 0 Å². The predicted molar refractivity (Wildman–Crippen MR) is 476 cm³/mol. The van der Waals surface area contributed by atoms with Crippen LogP contribution < -0.4 is 102 Å². The molecule has 0 spiro atoms. The van der Waals surface area contributed by atoms with Crippen molar-refractivity contribution in [1.82, 2.24) is 95.0 Å². The van der Waals surface area contributed by atoms with Crippen LogP contribution in [0.4, 0.5) is 0 Å². The smallest absolute Gasteiger partial charge is 0.326 e. The number of phenols is 1. The number of aliphatic carboxylic acids is 6. The minimum atomic E-state index is -2.16. The maximum absolute atomic E-state index is 14.9. The molecule has 52 nitrogen and oxygen atoms in total. The molecule has 0 radical (unpaired) electrons. The van der Waals surface area contributed by atoms with Crippen LogP contribution in [0.2, 0.25) is 0 Å². The number of amides is 16. The number of carbonyl (C=O) groups is 22. The molecule has 0 saturated carbocycles. The summed E-state index contributed by atoms with van der Waals surface area (Å²) in [4.78, 5) is 307. The van der Waals surface area contributed by atoms with E-state index in [9.17, 15) is 136 Å². The van der Waals surface area contributed by atoms with Crippen LogP contribution in [0.5, 0.6) is 5.75 Å². The summed E-state index contributed by atoms with van der Waals surface area (Å²) in [5.74, 6) is -31.5. The van der Waals surface area contributed by atoms with E-state index in [-0.39, 0.29) is 74.5 Å². The number of aromatic nitrogens is 2. The van der Waals surface area contributed by atoms with E-state index in [0.717, 1.165) is 0 Å². The number of imidazole rings is 1. The fourth-order valence-corrected chi connectivity index (χ4v) is 13.5. The van der Waals surface area contributed by atoms with Gasteiger partial charge in [0, 0.05) is 56.9 Å². The van der Waals surface area contributed by atoms with E-state index < -0.39 is 327 Å². The van der Waals surface area contributed by atoms with Gasteiger partial charge in [-0.1, -0.05) is 73.4 Å². The number of aromatic amines is 1. The molecule has 0 saturated heterocycles. The Morgan fingerprint density at radius 2 is 0.852 bits per heavy atom. The average molecular weight is 1930 g/mol. The number of carbonyl (C=O) groups excluding carboxylic acids is 16. The van der Waals surface area contributed by atoms with Gasteiger partial charge in [-0.3, -0.25) is 111 Å². The molecule has 1 aliphatic rings. The monoisotopic (exact) mass is 1930 g/mol. The topological polar surface area (TPSA) is 853 Å². The molecule has 53 heteroatoms. The van der Waals surface area contributed by atoms with Gasteiger partial charge in [0.15, 0.2) is 5.96 Å². The summed E-state index contributed by atoms with van der Waals surface area (Å²) < 4.78 is 0. The molecule has 0 fully saturated rings. The largest absolute Gasteiger partial charge is 0.508 e. The first-order valence-corrected chi connectivity index (χ1v) is 43.9. The van der Waals surface area contributed by atoms with Gasteiger partial charge >= 0.3 is 35.8 Å². The number of aromatic hydroxyl groups is 1. The number of aliphatic imine (C=N–C) groups is 1. The molecular weight excluding hydrogens is 1800 g/mol. The maximum Gasteiger partial charge on any atom is 0.326 e. The van der Waals surface area contributed by atoms with Gasteiger partial charge in [-0.2, -0.15) is 12.6 Å². The van der Waals surface area contributed by atoms with Crippen LogP contribution in [-0.4, -0.2) is 304 Å². The molecule has 2 heterocycles. The van der Waals surface area contributed by atoms with Crippen molar-refractivity contribution in [2.24, 2.45) is 45.9 Å². The zero-order chi connectivity index (χ0) is 102. The molecule has 19 atom stereocenters. The van der Waals surface area contributed by atoms with E-state index in [4.69, 9.17) is 27.7 Å². The van der Waals surface area contributed by atoms with Crippen molar-refractivity contribution in [1.29, 1.82) is 5.41 Å². The van der Waals surface area contributed by atoms with Crippen LogP contribution in [0.1, 0.15) is 169 Å². The Bertz CT molecular complexity index is 4540. The Morgan fingerprint density at radius 3 is 1.30 bits per heavy atom. The molecule has 0 bridgehead atoms. The number of nitrogens with two attached hydrogens (primary N) is 3. The van der Waals surface area contributed by atoms with Crippen molar-refractivity contribution in [3.8, 4) is 5.75 Å². The van der Waals surface area contributed by atoms with Gasteiger partial charge < -0.3 is 143 Å². The van der Waals surface area contributed by atoms with Gasteiger partial charge in [0.25, 0.3) is 0 Å². The number of benzene rings is 1. The number of H-pyrrole nitrogens is 1. The van der Waals surface area contributed by atoms with Crippen molar-refractivity contribution in [3.05, 3.63) is 48.0 Å². The molecule has 1 aromatic heterocycles. The third-order valence-electron chi connectivity index (χ3n) is 21.4. The highest BCUT2D eigenvalue weighted by Gasteiger charge is 2.42. The van der Waals surface area contributed by atoms with Gasteiger partial charge in [0.1, 0.15) is 96.4 Å². The number of nitrogens with one attached hydrogen (secondary N) is 18. The summed E-state index contributed by atoms with van der Waals surface area (Å²) in [6.07, 6.45) is -3.77. The fourth-order valence-electron chi connectivity index (χ4n) is 13.2. The average Bonchev–Trinajstić information content (AvgIpc) is 1.35. The molecular formula is C82H125N23O29S. The van der Waals surface area contributed by atoms with Crippen molar-refractivity contribution < 1.29 is 141 Å². The molecule has 0 unspecified atom stereocenters. The number of carboxylic acid groups (broad SMARTS) is 6. The minimum absolute atomic E-state index is 0.0163. The lowest BCUT2D eigenvalue weighted by Crippen LogP contribution is -2.62. The van der Waals surface area contributed by atoms with E-state index in [1.165, 1.54) is 71.4 Å². The van der Waals surface area contributed by atoms with Gasteiger partial charge in [-0.25, -0.2) is 9.78 Å². The third-order valence-corrected chi connectivity index (χ3v) is 21.7. The molecule has 16 amide bonds. The summed E-state index contributed by atoms with van der Waals surface area (Å²) in [7, 11) is 0. The highest BCUT2D eigenvalue weighted by atomic mass is 32.1. The Balaban J connectivity index is 2.01. The number of hydrogen-bond acceptors (Lipinski definition) is 28. The van der Waals surface area contributed by atoms with Gasteiger partial charge in [-0.05, 0) is 99.7 Å². The number of primary amides is 1. The second-order valence-corrected chi connectivity index (χ2v) is 33.0. The van der Waals surface area contributed by atoms with E-state index in [2.05, 4.69) is 107 Å². The number of unbranched alkanes of at least 4 members (excludes halogenated alkanes) is 1. The number of nitrogens with zero attached hydrogens (tertiary/aromatic N) is 2. The first-order chi connectivity index (χ1) is 63.4. The van der Waals surface area contributed by atoms with Crippen LogP contribution in [0.25, 0.3) is 0 Å². The summed E-state index contributed by atoms with van der Waals surface area (Å²) in [6.45, 7) is 11.9. The van der Waals surface area contributed by atoms with Crippen LogP contribution in [-0.2, 0) is 118 Å². The van der Waals surface area contributed by atoms with Crippen LogP contribution in [0.15, 0.2) is 41.8 Å². The molecule has 1 aliphatic heterocycles. The SMILES string of the molecule is CC[C@H](C)[C@H](NC(=O)[C@H](CC(=O)O)NC(=O)[C@@H](NC(=O)[C@@H](NC(=O)[C@H](C)NC(=O)[C@H](CS)NC(=O)[C@H](CCCCNC(=O)[C@@H]1N=CC[C@H]1C)NC(=O)[C@H](CCCNC(=N)N)NC(=O)[C@H](CC(=O)O)NC(=O)[C@H](Cc1ccc(O)cc1)NC(=O)[C@H](Cc1c[nH]cn1)NC(=O)[C@H](CCC(=O)O)NC(=O)[C@@H](N)CC(=O)O)C(C)C)[C@@H](C)CC)C(=O)N[C@@H](CC(N)=O)C(=O)N[C@@H](CCC(=O)O)C(=O)O. The Hall–Kier alpha value is -14.2. The summed E-state index contributed by atoms with van der Waals surface area (Å²) in [5, 5.41) is 114. The molecule has 2 aromatic rings. The molecule has 748 valence electrons. The number of phenolic OH excluding ortho intramolecular Hbond substituents is 1. The summed E-state index contributed by atoms with van der Waals surface area (Å²) in [6, 6.07) is -22.3. The van der Waals surface area contributed by atoms with Gasteiger partial charge in [-0.15, -0.1) is 0 Å². The molecule has 0 aliphatic carbocycles. The first kappa shape index (κ1) is 115. The molecule has 31 N–H and O–H groups in total. The quantitative estimate of drug-likeness (QED) is 0.0127. The van der Waals surface area contributed by atoms with Crippen molar-refractivity contribution >= 4 is 155 Å². The number of thiol groups is 1. The van der Waals surface area contributed by atoms with E-state index in [1.807, 2.05) is 12.2 Å². The summed E-state index contributed by atoms with van der Waals surface area (Å²) >= 11 is 4.29. The zero-order valence-corrected chi connectivity index (χ0v) is 76.5. The first-order valence-electron chi connectivity index (χ1n) is 43.2. The van der Waals surface area contributed by atoms with Crippen molar-refractivity contribution in [3.63, 3.8) is 0 Å². The Kier molecular flexibility index (Phi) is 49.4. The number of hydrogen-bond donors (Lipinski definition) is 29. The van der Waals surface area contributed by atoms with Gasteiger partial charge in [0.2, 0.25) is 94.5 Å². The van der Waals surface area contributed by atoms with Crippen molar-refractivity contribution in [2.45, 2.75) is 268 Å². The minimum Gasteiger partial charge on any atom is -0.508 e. The van der Waals surface area contributed by atoms with Gasteiger partial charge in [0.05, 0.1) is 43.7 Å². The lowest BCUT2D eigenvalue weighted by atomic mass is 9.95. The predicted octanol–water partition coefficient (Wildman–Crippen LogP) is -7.14. The molecule has 3 rings (SSSR count). The van der Waals surface area contributed by atoms with Crippen molar-refractivity contribution in [2.75, 3.05) is 18.8 Å². The highest BCUT2D eigenvalue weighted by Crippen LogP contribution is 2.20. The number of rotatable bonds is 63. The van der Waals surface area contributed by atoms with E-state index >= 15 is 0 Å². The number of guanidine groups is 1. The van der Waals surface area contributed by atoms with Crippen LogP contribution in [0, 0.1) is 29.1 Å². The fraction of sp³-hybridized carbons (Fsp3) is 0.598. The van der Waals surface area contributed by atoms with E-state index in [1.54, 1.807) is 20.1 Å². The standard InChI is InChI=1S/C82H125N23O29S/c1-9-38(5)64(79(131)100-52(31-56(84)107)73(125)96-49(81(133)134)21-23-58(110)111)104-75(127)54(33-61(116)117)101-80(132)65(39(6)10-2)105-78(130)62(37(3)4)103-66(118)41(8)92-76(128)55(35-135)102-69(121)46(14-11-12-25-89-77(129)63-40(7)24-27-88-63)94-68(120)47(15-13-26-90-82(85)86)95-74(126)53(32-60(114)115)99-71(123)50(28-42-16-18-44(106)19-17-42)97-72(124)51(29-43-34-87-36-91-43)98-70(122)48(20-22-57(108)109)93-67(119)45(83)30-59(112)113/h16-19,27,34,36-41,45-55,62-65,106,135H,9-15,20-26,28-33,35,83H2,1-8H3,(H2,84,107)(H,87,91)(H,89,129)(H,92,128)(H,93,119)(H,94,120)(H,95,126)(H,96,125)(H,97,124)(H,98,122)(H,99,123)(H,100,131)(H,101,132)(H,102,121)(H,103,118)(H,104,127)(H,105,130)(H,108,109)(H,110,111)(H,112,113)(H,114,115)(H,116,117)(H,133,134)(H4,85,86,90)/t38-,39-,40+,41-,45-,46-,47-,48-,49-,50-,51-,52-,53-,54-,55-,62-,63+,64-,65-/m0/s1. The second-order valence-electron chi connectivity index (χ2n) is 32.7. The Labute approximate surface area is 779 Å². The lowest BCUT2D eigenvalue weighted by molar-refractivity contribution is -0.144. The maximum atomic E-state index is 14.9. The number of carboxylic acids is 6. The Morgan fingerprint density at radius 1 is 0.452 bits per heavy atom. The third kappa shape index (κ3) is 41.7. The highest BCUT2D eigenvalue weighted by molar-refractivity contribution is 7.80. The molecule has 135 heavy (non-hydrogen) atoms. The lowest BCUT2D eigenvalue weighted by Gasteiger charge is -2.31. The summed E-state index contributed by atoms with van der Waals surface area (Å²) in [5.41, 5.74) is 16.9. The van der Waals surface area contributed by atoms with E-state index in [0.29, 0.717) is 6.42 Å².